The van der Waals surface area contributed by atoms with Crippen molar-refractivity contribution < 1.29 is 4.79 Å². The minimum atomic E-state index is 0.732. The third kappa shape index (κ3) is 2.27. The number of rotatable bonds is 2. The van der Waals surface area contributed by atoms with E-state index in [1.807, 2.05) is 19.1 Å². The first-order chi connectivity index (χ1) is 7.69. The number of hydrogen-bond acceptors (Lipinski definition) is 1. The van der Waals surface area contributed by atoms with Crippen LogP contribution in [0.25, 0.3) is 11.0 Å². The first kappa shape index (κ1) is 10.8. The van der Waals surface area contributed by atoms with Crippen LogP contribution in [0, 0.1) is 13.8 Å². The van der Waals surface area contributed by atoms with E-state index in [0.717, 1.165) is 28.4 Å². The van der Waals surface area contributed by atoms with Gasteiger partial charge in [-0.3, -0.25) is 0 Å². The van der Waals surface area contributed by atoms with Gasteiger partial charge in [0.25, 0.3) is 0 Å². The van der Waals surface area contributed by atoms with Crippen molar-refractivity contribution in [3.63, 3.8) is 0 Å². The van der Waals surface area contributed by atoms with Crippen LogP contribution in [0.3, 0.4) is 0 Å². The molecule has 2 aromatic rings. The van der Waals surface area contributed by atoms with Gasteiger partial charge in [0.05, 0.1) is 0 Å². The molecule has 1 heterocycles. The molecule has 78 valence electrons. The molecule has 0 bridgehead atoms. The van der Waals surface area contributed by atoms with Gasteiger partial charge in [-0.25, -0.2) is 0 Å². The maximum absolute atomic E-state index is 10.8. The Morgan fingerprint density at radius 3 is 2.50 bits per heavy atom. The molecule has 0 aliphatic rings. The van der Waals surface area contributed by atoms with Gasteiger partial charge >= 0.3 is 95.8 Å². The molecule has 0 saturated heterocycles. The van der Waals surface area contributed by atoms with E-state index >= 15 is 0 Å². The molecule has 2 heteroatoms. The van der Waals surface area contributed by atoms with Gasteiger partial charge in [0, 0.05) is 0 Å². The van der Waals surface area contributed by atoms with Crippen molar-refractivity contribution in [2.24, 2.45) is 0 Å². The number of aldehydes is 1. The molecule has 0 radical (unpaired) electrons. The van der Waals surface area contributed by atoms with E-state index in [1.165, 1.54) is 5.56 Å². The molecule has 0 amide bonds. The predicted molar refractivity (Wildman–Crippen MR) is 68.1 cm³/mol. The zero-order valence-electron chi connectivity index (χ0n) is 9.53. The molecule has 2 rings (SSSR count). The van der Waals surface area contributed by atoms with E-state index in [1.54, 1.807) is 0 Å². The Hall–Kier alpha value is -1.70. The van der Waals surface area contributed by atoms with Gasteiger partial charge in [0.2, 0.25) is 0 Å². The molecule has 0 N–H and O–H groups in total. The molecule has 1 aromatic carbocycles. The van der Waals surface area contributed by atoms with Crippen LogP contribution in [-0.4, -0.2) is 13.2 Å². The summed E-state index contributed by atoms with van der Waals surface area (Å²) in [5.41, 5.74) is 5.34. The van der Waals surface area contributed by atoms with Crippen LogP contribution in [0.1, 0.15) is 21.5 Å². The van der Waals surface area contributed by atoms with E-state index in [2.05, 4.69) is 38.0 Å². The Morgan fingerprint density at radius 1 is 1.06 bits per heavy atom. The summed E-state index contributed by atoms with van der Waals surface area (Å²) in [6, 6.07) is 10.1. The molecule has 0 aliphatic carbocycles. The van der Waals surface area contributed by atoms with Gasteiger partial charge in [0.1, 0.15) is 0 Å². The summed E-state index contributed by atoms with van der Waals surface area (Å²) in [6.45, 7) is 6.15. The van der Waals surface area contributed by atoms with Crippen LogP contribution in [0.5, 0.6) is 0 Å². The second kappa shape index (κ2) is 4.44. The van der Waals surface area contributed by atoms with E-state index in [0.29, 0.717) is 0 Å². The van der Waals surface area contributed by atoms with E-state index < -0.39 is 0 Å². The van der Waals surface area contributed by atoms with E-state index in [4.69, 9.17) is 0 Å². The van der Waals surface area contributed by atoms with Crippen molar-refractivity contribution in [3.8, 4) is 11.0 Å². The summed E-state index contributed by atoms with van der Waals surface area (Å²) in [4.78, 5) is 10.8. The molecule has 0 saturated carbocycles. The summed E-state index contributed by atoms with van der Waals surface area (Å²) in [7, 11) is 0. The van der Waals surface area contributed by atoms with E-state index in [-0.39, 0.29) is 0 Å². The van der Waals surface area contributed by atoms with Crippen LogP contribution in [0.4, 0.5) is 0 Å². The first-order valence-electron chi connectivity index (χ1n) is 5.33. The number of hydrogen-bond donors (Lipinski definition) is 0. The quantitative estimate of drug-likeness (QED) is 0.693. The monoisotopic (exact) mass is 208 g/mol. The van der Waals surface area contributed by atoms with E-state index in [9.17, 15) is 4.79 Å². The number of aryl methyl sites for hydroxylation is 2. The van der Waals surface area contributed by atoms with Gasteiger partial charge < -0.3 is 0 Å². The summed E-state index contributed by atoms with van der Waals surface area (Å²) >= 11 is 0. The van der Waals surface area contributed by atoms with Crippen LogP contribution in [0.15, 0.2) is 36.3 Å². The zero-order chi connectivity index (χ0) is 11.5. The average molecular weight is 208 g/mol. The summed E-state index contributed by atoms with van der Waals surface area (Å²) in [6.07, 6.45) is 0.894. The fourth-order valence-electron chi connectivity index (χ4n) is 1.79. The fraction of sp³-hybridized carbons (Fsp3) is 0.143. The van der Waals surface area contributed by atoms with Gasteiger partial charge in [-0.15, -0.1) is 0 Å². The Labute approximate surface area is 96.3 Å². The molecular formula is C14H13BO. The average Bonchev–Trinajstić information content (AvgIpc) is 2.29. The molecule has 1 aromatic heterocycles. The SMILES string of the molecule is Cc1cbc(-c2cc(C)cc(C=O)c2)cc1. The molecule has 0 fully saturated rings. The Kier molecular flexibility index (Phi) is 3.00. The second-order valence-corrected chi connectivity index (χ2v) is 4.12. The first-order valence-corrected chi connectivity index (χ1v) is 5.33. The molecule has 0 aliphatic heterocycles. The Balaban J connectivity index is 2.51. The Morgan fingerprint density at radius 2 is 1.88 bits per heavy atom. The topological polar surface area (TPSA) is 17.1 Å². The van der Waals surface area contributed by atoms with Crippen LogP contribution >= 0.6 is 0 Å². The van der Waals surface area contributed by atoms with Crippen LogP contribution in [0.2, 0.25) is 0 Å². The number of benzene rings is 1. The maximum atomic E-state index is 10.8. The Bertz CT molecular complexity index is 515. The van der Waals surface area contributed by atoms with Crippen molar-refractivity contribution in [1.29, 1.82) is 0 Å². The number of carbonyl (C=O) groups excluding carboxylic acids is 1. The summed E-state index contributed by atoms with van der Waals surface area (Å²) < 4.78 is 0. The standard InChI is InChI=1S/C14H13BO/c1-10-3-4-14(15-8-10)13-6-11(2)5-12(7-13)9-16/h3-9H,1-2H3. The number of carbonyl (C=O) groups is 1. The third-order valence-electron chi connectivity index (χ3n) is 2.62. The molecular weight excluding hydrogens is 195 g/mol. The van der Waals surface area contributed by atoms with Crippen LogP contribution < -0.4 is 0 Å². The molecule has 16 heavy (non-hydrogen) atoms. The van der Waals surface area contributed by atoms with Gasteiger partial charge in [0.15, 0.2) is 0 Å². The predicted octanol–water partition coefficient (Wildman–Crippen LogP) is 3.12. The van der Waals surface area contributed by atoms with Crippen molar-refractivity contribution in [1.82, 2.24) is 0 Å². The van der Waals surface area contributed by atoms with Crippen molar-refractivity contribution in [2.45, 2.75) is 13.8 Å². The van der Waals surface area contributed by atoms with Crippen molar-refractivity contribution >= 4 is 13.2 Å². The van der Waals surface area contributed by atoms with Crippen molar-refractivity contribution in [2.75, 3.05) is 0 Å². The fourth-order valence-corrected chi connectivity index (χ4v) is 1.79. The van der Waals surface area contributed by atoms with Gasteiger partial charge in [-0.1, -0.05) is 0 Å². The summed E-state index contributed by atoms with van der Waals surface area (Å²) in [5, 5.41) is 0. The van der Waals surface area contributed by atoms with Crippen LogP contribution in [-0.2, 0) is 0 Å². The van der Waals surface area contributed by atoms with Crippen molar-refractivity contribution in [3.05, 3.63) is 53.0 Å². The van der Waals surface area contributed by atoms with Gasteiger partial charge in [-0.05, 0) is 0 Å². The third-order valence-corrected chi connectivity index (χ3v) is 2.62. The zero-order valence-corrected chi connectivity index (χ0v) is 9.53. The molecule has 0 spiro atoms. The minimum absolute atomic E-state index is 0.732. The summed E-state index contributed by atoms with van der Waals surface area (Å²) in [5.74, 6) is 2.08. The molecule has 0 atom stereocenters. The van der Waals surface area contributed by atoms with Gasteiger partial charge in [-0.2, -0.15) is 0 Å². The second-order valence-electron chi connectivity index (χ2n) is 4.12. The molecule has 1 nitrogen and oxygen atoms in total. The molecule has 0 unspecified atom stereocenters. The normalized spacial score (nSPS) is 9.88.